The van der Waals surface area contributed by atoms with E-state index in [1.165, 1.54) is 18.0 Å². The Labute approximate surface area is 119 Å². The number of nitrogen functional groups attached to an aromatic ring is 1. The summed E-state index contributed by atoms with van der Waals surface area (Å²) in [5, 5.41) is 3.99. The van der Waals surface area contributed by atoms with Crippen molar-refractivity contribution in [3.05, 3.63) is 30.5 Å². The highest BCUT2D eigenvalue weighted by atomic mass is 32.2. The molecule has 0 fully saturated rings. The van der Waals surface area contributed by atoms with Crippen LogP contribution in [0.1, 0.15) is 0 Å². The SMILES string of the molecule is Nc1ccccc1SCCS(=O)(=O)Nc1cnns1. The third-order valence-electron chi connectivity index (χ3n) is 2.15. The molecule has 0 radical (unpaired) electrons. The number of nitrogens with two attached hydrogens (primary N) is 1. The first kappa shape index (κ1) is 14.1. The van der Waals surface area contributed by atoms with Gasteiger partial charge < -0.3 is 5.73 Å². The number of sulfonamides is 1. The quantitative estimate of drug-likeness (QED) is 0.621. The Morgan fingerprint density at radius 1 is 1.37 bits per heavy atom. The lowest BCUT2D eigenvalue weighted by Crippen LogP contribution is -2.17. The highest BCUT2D eigenvalue weighted by molar-refractivity contribution is 8.01. The summed E-state index contributed by atoms with van der Waals surface area (Å²) in [5.41, 5.74) is 6.44. The molecule has 0 saturated heterocycles. The number of hydrogen-bond acceptors (Lipinski definition) is 7. The summed E-state index contributed by atoms with van der Waals surface area (Å²) in [6.45, 7) is 0. The van der Waals surface area contributed by atoms with Gasteiger partial charge in [0.25, 0.3) is 0 Å². The van der Waals surface area contributed by atoms with Crippen molar-refractivity contribution in [3.63, 3.8) is 0 Å². The van der Waals surface area contributed by atoms with E-state index in [4.69, 9.17) is 5.73 Å². The third-order valence-corrected chi connectivity index (χ3v) is 5.48. The fourth-order valence-corrected chi connectivity index (χ4v) is 4.40. The molecular formula is C10H12N4O2S3. The molecule has 0 aliphatic heterocycles. The summed E-state index contributed by atoms with van der Waals surface area (Å²) in [7, 11) is -3.37. The Morgan fingerprint density at radius 2 is 2.16 bits per heavy atom. The number of anilines is 2. The zero-order valence-electron chi connectivity index (χ0n) is 9.81. The maximum atomic E-state index is 11.8. The Morgan fingerprint density at radius 3 is 2.84 bits per heavy atom. The first-order valence-corrected chi connectivity index (χ1v) is 8.73. The summed E-state index contributed by atoms with van der Waals surface area (Å²) < 4.78 is 29.5. The molecule has 3 N–H and O–H groups in total. The van der Waals surface area contributed by atoms with Gasteiger partial charge in [0, 0.05) is 27.9 Å². The van der Waals surface area contributed by atoms with Gasteiger partial charge in [0.15, 0.2) is 0 Å². The van der Waals surface area contributed by atoms with E-state index in [1.807, 2.05) is 18.2 Å². The highest BCUT2D eigenvalue weighted by Gasteiger charge is 2.12. The maximum Gasteiger partial charge on any atom is 0.234 e. The van der Waals surface area contributed by atoms with Crippen molar-refractivity contribution in [1.29, 1.82) is 0 Å². The molecule has 1 aromatic heterocycles. The predicted molar refractivity (Wildman–Crippen MR) is 78.9 cm³/mol. The summed E-state index contributed by atoms with van der Waals surface area (Å²) in [5.74, 6) is 0.430. The van der Waals surface area contributed by atoms with Gasteiger partial charge in [-0.25, -0.2) is 8.42 Å². The van der Waals surface area contributed by atoms with Crippen LogP contribution in [0.4, 0.5) is 10.7 Å². The summed E-state index contributed by atoms with van der Waals surface area (Å²) in [6, 6.07) is 7.37. The lowest BCUT2D eigenvalue weighted by molar-refractivity contribution is 0.603. The van der Waals surface area contributed by atoms with Gasteiger partial charge in [-0.3, -0.25) is 4.72 Å². The number of nitrogens with zero attached hydrogens (tertiary/aromatic N) is 2. The molecular weight excluding hydrogens is 304 g/mol. The molecule has 102 valence electrons. The van der Waals surface area contributed by atoms with E-state index in [9.17, 15) is 8.42 Å². The molecule has 2 aromatic rings. The Bertz CT molecular complexity index is 628. The number of thioether (sulfide) groups is 1. The average Bonchev–Trinajstić information content (AvgIpc) is 2.83. The normalized spacial score (nSPS) is 11.4. The van der Waals surface area contributed by atoms with Gasteiger partial charge >= 0.3 is 0 Å². The van der Waals surface area contributed by atoms with E-state index in [2.05, 4.69) is 14.3 Å². The second-order valence-corrected chi connectivity index (χ2v) is 7.35. The minimum Gasteiger partial charge on any atom is -0.398 e. The van der Waals surface area contributed by atoms with E-state index in [1.54, 1.807) is 6.07 Å². The smallest absolute Gasteiger partial charge is 0.234 e. The molecule has 0 aliphatic rings. The molecule has 2 rings (SSSR count). The first-order chi connectivity index (χ1) is 9.07. The maximum absolute atomic E-state index is 11.8. The topological polar surface area (TPSA) is 98.0 Å². The second-order valence-electron chi connectivity index (χ2n) is 3.59. The monoisotopic (exact) mass is 316 g/mol. The van der Waals surface area contributed by atoms with E-state index >= 15 is 0 Å². The van der Waals surface area contributed by atoms with Crippen LogP contribution in [0.2, 0.25) is 0 Å². The van der Waals surface area contributed by atoms with Crippen LogP contribution in [0, 0.1) is 0 Å². The van der Waals surface area contributed by atoms with E-state index in [0.717, 1.165) is 16.4 Å². The van der Waals surface area contributed by atoms with Crippen LogP contribution in [0.5, 0.6) is 0 Å². The van der Waals surface area contributed by atoms with Crippen molar-refractivity contribution >= 4 is 44.0 Å². The Kier molecular flexibility index (Phi) is 4.61. The predicted octanol–water partition coefficient (Wildman–Crippen LogP) is 1.65. The number of benzene rings is 1. The fourth-order valence-electron chi connectivity index (χ4n) is 1.29. The van der Waals surface area contributed by atoms with Gasteiger partial charge in [-0.2, -0.15) is 0 Å². The van der Waals surface area contributed by atoms with Crippen molar-refractivity contribution in [2.45, 2.75) is 4.90 Å². The van der Waals surface area contributed by atoms with E-state index in [-0.39, 0.29) is 5.75 Å². The molecule has 0 amide bonds. The first-order valence-electron chi connectivity index (χ1n) is 5.32. The van der Waals surface area contributed by atoms with Crippen LogP contribution < -0.4 is 10.5 Å². The van der Waals surface area contributed by atoms with Gasteiger partial charge in [-0.05, 0) is 12.1 Å². The summed E-state index contributed by atoms with van der Waals surface area (Å²) >= 11 is 2.42. The fraction of sp³-hybridized carbons (Fsp3) is 0.200. The number of rotatable bonds is 6. The average molecular weight is 316 g/mol. The van der Waals surface area contributed by atoms with Gasteiger partial charge in [-0.1, -0.05) is 16.6 Å². The number of nitrogens with one attached hydrogen (secondary N) is 1. The van der Waals surface area contributed by atoms with Gasteiger partial charge in [0.05, 0.1) is 11.9 Å². The summed E-state index contributed by atoms with van der Waals surface area (Å²) in [6.07, 6.45) is 1.38. The van der Waals surface area contributed by atoms with Crippen LogP contribution in [-0.4, -0.2) is 29.5 Å². The lowest BCUT2D eigenvalue weighted by Gasteiger charge is -2.06. The molecule has 6 nitrogen and oxygen atoms in total. The summed E-state index contributed by atoms with van der Waals surface area (Å²) in [4.78, 5) is 0.886. The molecule has 0 atom stereocenters. The molecule has 0 spiro atoms. The number of para-hydroxylation sites is 1. The van der Waals surface area contributed by atoms with Crippen LogP contribution in [0.15, 0.2) is 35.4 Å². The second kappa shape index (κ2) is 6.22. The minimum absolute atomic E-state index is 0.00387. The van der Waals surface area contributed by atoms with Gasteiger partial charge in [0.1, 0.15) is 5.00 Å². The standard InChI is InChI=1S/C10H12N4O2S3/c11-8-3-1-2-4-9(8)17-5-6-19(15,16)13-10-7-12-14-18-10/h1-4,7,13H,5-6,11H2. The number of hydrogen-bond donors (Lipinski definition) is 2. The minimum atomic E-state index is -3.37. The van der Waals surface area contributed by atoms with Gasteiger partial charge in [0.2, 0.25) is 10.0 Å². The van der Waals surface area contributed by atoms with Crippen molar-refractivity contribution in [1.82, 2.24) is 9.59 Å². The molecule has 0 saturated carbocycles. The largest absolute Gasteiger partial charge is 0.398 e. The van der Waals surface area contributed by atoms with Gasteiger partial charge in [-0.15, -0.1) is 16.9 Å². The van der Waals surface area contributed by atoms with E-state index in [0.29, 0.717) is 16.4 Å². The Balaban J connectivity index is 1.87. The van der Waals surface area contributed by atoms with Crippen LogP contribution >= 0.6 is 23.3 Å². The lowest BCUT2D eigenvalue weighted by atomic mass is 10.3. The molecule has 1 aromatic carbocycles. The molecule has 0 bridgehead atoms. The highest BCUT2D eigenvalue weighted by Crippen LogP contribution is 2.24. The molecule has 9 heteroatoms. The van der Waals surface area contributed by atoms with Crippen molar-refractivity contribution in [2.75, 3.05) is 22.0 Å². The molecule has 0 aliphatic carbocycles. The van der Waals surface area contributed by atoms with Crippen LogP contribution in [0.3, 0.4) is 0 Å². The molecule has 1 heterocycles. The zero-order chi connectivity index (χ0) is 13.7. The molecule has 19 heavy (non-hydrogen) atoms. The molecule has 0 unspecified atom stereocenters. The van der Waals surface area contributed by atoms with Crippen molar-refractivity contribution in [3.8, 4) is 0 Å². The van der Waals surface area contributed by atoms with Crippen molar-refractivity contribution in [2.24, 2.45) is 0 Å². The van der Waals surface area contributed by atoms with Crippen LogP contribution in [-0.2, 0) is 10.0 Å². The number of aromatic nitrogens is 2. The Hall–Kier alpha value is -1.32. The third kappa shape index (κ3) is 4.37. The van der Waals surface area contributed by atoms with E-state index < -0.39 is 10.0 Å². The van der Waals surface area contributed by atoms with Crippen molar-refractivity contribution < 1.29 is 8.42 Å². The zero-order valence-corrected chi connectivity index (χ0v) is 12.3. The van der Waals surface area contributed by atoms with Crippen LogP contribution in [0.25, 0.3) is 0 Å².